The van der Waals surface area contributed by atoms with Gasteiger partial charge in [0.1, 0.15) is 0 Å². The molecular weight excluding hydrogens is 174 g/mol. The van der Waals surface area contributed by atoms with Crippen LogP contribution in [0, 0.1) is 5.92 Å². The van der Waals surface area contributed by atoms with Crippen LogP contribution in [0.15, 0.2) is 30.3 Å². The minimum absolute atomic E-state index is 0.143. The fourth-order valence-electron chi connectivity index (χ4n) is 1.44. The van der Waals surface area contributed by atoms with Gasteiger partial charge in [0.05, 0.1) is 6.10 Å². The Morgan fingerprint density at radius 2 is 1.79 bits per heavy atom. The first kappa shape index (κ1) is 11.2. The lowest BCUT2D eigenvalue weighted by molar-refractivity contribution is 0.124. The first-order valence-electron chi connectivity index (χ1n) is 5.09. The van der Waals surface area contributed by atoms with E-state index >= 15 is 0 Å². The molecule has 1 aromatic rings. The molecule has 0 aliphatic rings. The van der Waals surface area contributed by atoms with Crippen LogP contribution in [0.25, 0.3) is 0 Å². The number of benzene rings is 1. The summed E-state index contributed by atoms with van der Waals surface area (Å²) < 4.78 is 0. The monoisotopic (exact) mass is 193 g/mol. The van der Waals surface area contributed by atoms with Crippen molar-refractivity contribution in [1.82, 2.24) is 0 Å². The predicted molar refractivity (Wildman–Crippen MR) is 59.0 cm³/mol. The average molecular weight is 193 g/mol. The van der Waals surface area contributed by atoms with Gasteiger partial charge in [0.25, 0.3) is 0 Å². The molecule has 78 valence electrons. The van der Waals surface area contributed by atoms with Crippen molar-refractivity contribution in [3.8, 4) is 0 Å². The van der Waals surface area contributed by atoms with Crippen LogP contribution in [-0.2, 0) is 6.42 Å². The Hall–Kier alpha value is -0.860. The predicted octanol–water partition coefficient (Wildman–Crippen LogP) is 1.57. The van der Waals surface area contributed by atoms with Gasteiger partial charge in [-0.1, -0.05) is 44.2 Å². The lowest BCUT2D eigenvalue weighted by Crippen LogP contribution is -2.40. The Morgan fingerprint density at radius 1 is 1.21 bits per heavy atom. The highest BCUT2D eigenvalue weighted by Crippen LogP contribution is 2.09. The van der Waals surface area contributed by atoms with Gasteiger partial charge in [-0.05, 0) is 17.9 Å². The summed E-state index contributed by atoms with van der Waals surface area (Å²) in [7, 11) is 0. The van der Waals surface area contributed by atoms with Crippen molar-refractivity contribution in [3.05, 3.63) is 35.9 Å². The normalized spacial score (nSPS) is 15.5. The van der Waals surface area contributed by atoms with Crippen molar-refractivity contribution in [2.75, 3.05) is 0 Å². The number of hydrogen-bond acceptors (Lipinski definition) is 2. The van der Waals surface area contributed by atoms with Gasteiger partial charge < -0.3 is 10.8 Å². The third kappa shape index (κ3) is 3.13. The summed E-state index contributed by atoms with van der Waals surface area (Å²) in [6, 6.07) is 9.80. The van der Waals surface area contributed by atoms with E-state index in [1.54, 1.807) is 0 Å². The highest BCUT2D eigenvalue weighted by atomic mass is 16.3. The van der Waals surface area contributed by atoms with Crippen molar-refractivity contribution in [2.45, 2.75) is 32.4 Å². The molecule has 0 aliphatic heterocycles. The fourth-order valence-corrected chi connectivity index (χ4v) is 1.44. The third-order valence-corrected chi connectivity index (χ3v) is 2.50. The second kappa shape index (κ2) is 5.13. The Bertz CT molecular complexity index is 258. The second-order valence-electron chi connectivity index (χ2n) is 4.08. The van der Waals surface area contributed by atoms with Crippen molar-refractivity contribution in [1.29, 1.82) is 0 Å². The van der Waals surface area contributed by atoms with E-state index in [-0.39, 0.29) is 6.04 Å². The summed E-state index contributed by atoms with van der Waals surface area (Å²) in [5.74, 6) is 0.314. The highest BCUT2D eigenvalue weighted by Gasteiger charge is 2.17. The summed E-state index contributed by atoms with van der Waals surface area (Å²) >= 11 is 0. The maximum atomic E-state index is 9.82. The van der Waals surface area contributed by atoms with E-state index < -0.39 is 6.10 Å². The van der Waals surface area contributed by atoms with E-state index in [1.165, 1.54) is 0 Å². The molecule has 0 amide bonds. The molecule has 0 spiro atoms. The maximum absolute atomic E-state index is 9.82. The zero-order chi connectivity index (χ0) is 10.6. The Balaban J connectivity index is 2.53. The molecule has 0 fully saturated rings. The second-order valence-corrected chi connectivity index (χ2v) is 4.08. The van der Waals surface area contributed by atoms with E-state index in [0.717, 1.165) is 5.56 Å². The van der Waals surface area contributed by atoms with Gasteiger partial charge >= 0.3 is 0 Å². The average Bonchev–Trinajstić information content (AvgIpc) is 2.18. The molecule has 14 heavy (non-hydrogen) atoms. The molecule has 1 aromatic carbocycles. The number of aliphatic hydroxyl groups is 1. The largest absolute Gasteiger partial charge is 0.391 e. The minimum atomic E-state index is -0.447. The summed E-state index contributed by atoms with van der Waals surface area (Å²) in [5.41, 5.74) is 6.99. The number of hydrogen-bond donors (Lipinski definition) is 2. The van der Waals surface area contributed by atoms with Crippen LogP contribution in [0.2, 0.25) is 0 Å². The topological polar surface area (TPSA) is 46.2 Å². The van der Waals surface area contributed by atoms with Crippen LogP contribution < -0.4 is 5.73 Å². The molecule has 2 nitrogen and oxygen atoms in total. The molecule has 0 saturated carbocycles. The van der Waals surface area contributed by atoms with E-state index in [1.807, 2.05) is 44.2 Å². The van der Waals surface area contributed by atoms with Crippen molar-refractivity contribution >= 4 is 0 Å². The molecule has 0 radical (unpaired) electrons. The first-order chi connectivity index (χ1) is 6.61. The third-order valence-electron chi connectivity index (χ3n) is 2.50. The Kier molecular flexibility index (Phi) is 4.11. The SMILES string of the molecule is CC(C)C(N)C(O)Cc1ccccc1. The van der Waals surface area contributed by atoms with Crippen LogP contribution >= 0.6 is 0 Å². The molecule has 1 rings (SSSR count). The summed E-state index contributed by atoms with van der Waals surface area (Å²) in [4.78, 5) is 0. The summed E-state index contributed by atoms with van der Waals surface area (Å²) in [6.07, 6.45) is 0.192. The zero-order valence-electron chi connectivity index (χ0n) is 8.85. The van der Waals surface area contributed by atoms with Crippen LogP contribution in [0.1, 0.15) is 19.4 Å². The summed E-state index contributed by atoms with van der Waals surface area (Å²) in [5, 5.41) is 9.82. The van der Waals surface area contributed by atoms with Crippen LogP contribution in [0.3, 0.4) is 0 Å². The van der Waals surface area contributed by atoms with E-state index in [2.05, 4.69) is 0 Å². The molecule has 0 bridgehead atoms. The number of nitrogens with two attached hydrogens (primary N) is 1. The van der Waals surface area contributed by atoms with Crippen molar-refractivity contribution < 1.29 is 5.11 Å². The molecule has 2 atom stereocenters. The minimum Gasteiger partial charge on any atom is -0.391 e. The molecule has 2 heteroatoms. The van der Waals surface area contributed by atoms with Gasteiger partial charge in [-0.25, -0.2) is 0 Å². The van der Waals surface area contributed by atoms with E-state index in [0.29, 0.717) is 12.3 Å². The highest BCUT2D eigenvalue weighted by molar-refractivity contribution is 5.15. The molecule has 0 aliphatic carbocycles. The summed E-state index contributed by atoms with van der Waals surface area (Å²) in [6.45, 7) is 4.05. The lowest BCUT2D eigenvalue weighted by Gasteiger charge is -2.22. The molecule has 0 aromatic heterocycles. The molecular formula is C12H19NO. The quantitative estimate of drug-likeness (QED) is 0.762. The van der Waals surface area contributed by atoms with E-state index in [4.69, 9.17) is 5.73 Å². The molecule has 2 unspecified atom stereocenters. The maximum Gasteiger partial charge on any atom is 0.0733 e. The number of aliphatic hydroxyl groups excluding tert-OH is 1. The van der Waals surface area contributed by atoms with Gasteiger partial charge in [-0.3, -0.25) is 0 Å². The van der Waals surface area contributed by atoms with Gasteiger partial charge in [-0.15, -0.1) is 0 Å². The van der Waals surface area contributed by atoms with Crippen molar-refractivity contribution in [2.24, 2.45) is 11.7 Å². The van der Waals surface area contributed by atoms with Crippen molar-refractivity contribution in [3.63, 3.8) is 0 Å². The van der Waals surface area contributed by atoms with Gasteiger partial charge in [0.2, 0.25) is 0 Å². The van der Waals surface area contributed by atoms with Gasteiger partial charge in [-0.2, -0.15) is 0 Å². The van der Waals surface area contributed by atoms with Crippen LogP contribution in [0.4, 0.5) is 0 Å². The number of rotatable bonds is 4. The Morgan fingerprint density at radius 3 is 2.29 bits per heavy atom. The molecule has 3 N–H and O–H groups in total. The van der Waals surface area contributed by atoms with E-state index in [9.17, 15) is 5.11 Å². The Labute approximate surface area is 85.8 Å². The molecule has 0 heterocycles. The zero-order valence-corrected chi connectivity index (χ0v) is 8.85. The lowest BCUT2D eigenvalue weighted by atomic mass is 9.95. The molecule has 0 saturated heterocycles. The van der Waals surface area contributed by atoms with Crippen LogP contribution in [0.5, 0.6) is 0 Å². The van der Waals surface area contributed by atoms with Gasteiger partial charge in [0, 0.05) is 6.04 Å². The smallest absolute Gasteiger partial charge is 0.0733 e. The van der Waals surface area contributed by atoms with Gasteiger partial charge in [0.15, 0.2) is 0 Å². The standard InChI is InChI=1S/C12H19NO/c1-9(2)12(13)11(14)8-10-6-4-3-5-7-10/h3-7,9,11-12,14H,8,13H2,1-2H3. The first-order valence-corrected chi connectivity index (χ1v) is 5.09. The fraction of sp³-hybridized carbons (Fsp3) is 0.500. The van der Waals surface area contributed by atoms with Crippen LogP contribution in [-0.4, -0.2) is 17.3 Å².